The van der Waals surface area contributed by atoms with Crippen molar-refractivity contribution in [3.63, 3.8) is 0 Å². The molecule has 2 atom stereocenters. The molecule has 2 rings (SSSR count). The first-order valence-corrected chi connectivity index (χ1v) is 7.63. The van der Waals surface area contributed by atoms with E-state index in [1.54, 1.807) is 0 Å². The highest BCUT2D eigenvalue weighted by Gasteiger charge is 2.21. The first kappa shape index (κ1) is 14.0. The second kappa shape index (κ2) is 6.69. The minimum Gasteiger partial charge on any atom is -0.387 e. The van der Waals surface area contributed by atoms with Crippen LogP contribution in [-0.4, -0.2) is 17.7 Å². The summed E-state index contributed by atoms with van der Waals surface area (Å²) in [5, 5.41) is 13.6. The largest absolute Gasteiger partial charge is 0.387 e. The molecule has 0 amide bonds. The van der Waals surface area contributed by atoms with Gasteiger partial charge in [0.2, 0.25) is 0 Å². The van der Waals surface area contributed by atoms with Crippen molar-refractivity contribution in [3.05, 3.63) is 34.3 Å². The summed E-state index contributed by atoms with van der Waals surface area (Å²) in [6.07, 6.45) is 4.98. The van der Waals surface area contributed by atoms with Crippen LogP contribution in [-0.2, 0) is 0 Å². The summed E-state index contributed by atoms with van der Waals surface area (Å²) in [4.78, 5) is 0. The monoisotopic (exact) mass is 311 g/mol. The third-order valence-corrected chi connectivity index (χ3v) is 4.47. The van der Waals surface area contributed by atoms with Gasteiger partial charge in [0.25, 0.3) is 0 Å². The molecule has 1 saturated carbocycles. The molecule has 1 aromatic carbocycles. The van der Waals surface area contributed by atoms with E-state index in [9.17, 15) is 5.11 Å². The van der Waals surface area contributed by atoms with Gasteiger partial charge >= 0.3 is 0 Å². The molecule has 0 bridgehead atoms. The van der Waals surface area contributed by atoms with Gasteiger partial charge in [0.1, 0.15) is 0 Å². The van der Waals surface area contributed by atoms with E-state index >= 15 is 0 Å². The van der Waals surface area contributed by atoms with Crippen LogP contribution in [0.25, 0.3) is 0 Å². The quantitative estimate of drug-likeness (QED) is 0.870. The Hall–Kier alpha value is -0.380. The maximum Gasteiger partial charge on any atom is 0.0914 e. The molecular formula is C15H22BrNO. The van der Waals surface area contributed by atoms with Gasteiger partial charge in [-0.1, -0.05) is 40.9 Å². The summed E-state index contributed by atoms with van der Waals surface area (Å²) in [6.45, 7) is 2.87. The average molecular weight is 312 g/mol. The van der Waals surface area contributed by atoms with Crippen molar-refractivity contribution in [2.45, 2.75) is 44.8 Å². The molecule has 0 heterocycles. The highest BCUT2D eigenvalue weighted by Crippen LogP contribution is 2.27. The van der Waals surface area contributed by atoms with Crippen LogP contribution >= 0.6 is 15.9 Å². The Balaban J connectivity index is 1.82. The zero-order chi connectivity index (χ0) is 13.0. The Morgan fingerprint density at radius 1 is 1.39 bits per heavy atom. The third kappa shape index (κ3) is 3.81. The third-order valence-electron chi connectivity index (χ3n) is 3.97. The van der Waals surface area contributed by atoms with Crippen molar-refractivity contribution in [1.82, 2.24) is 5.32 Å². The highest BCUT2D eigenvalue weighted by atomic mass is 79.9. The van der Waals surface area contributed by atoms with Gasteiger partial charge in [0.15, 0.2) is 0 Å². The van der Waals surface area contributed by atoms with Gasteiger partial charge in [-0.25, -0.2) is 0 Å². The average Bonchev–Trinajstić information content (AvgIpc) is 2.89. The molecule has 0 spiro atoms. The van der Waals surface area contributed by atoms with Crippen molar-refractivity contribution in [1.29, 1.82) is 0 Å². The van der Waals surface area contributed by atoms with Crippen molar-refractivity contribution < 1.29 is 5.11 Å². The van der Waals surface area contributed by atoms with E-state index in [1.807, 2.05) is 24.3 Å². The lowest BCUT2D eigenvalue weighted by Gasteiger charge is -2.22. The molecule has 18 heavy (non-hydrogen) atoms. The van der Waals surface area contributed by atoms with E-state index in [-0.39, 0.29) is 0 Å². The predicted octanol–water partition coefficient (Wildman–Crippen LogP) is 3.65. The second-order valence-corrected chi connectivity index (χ2v) is 6.23. The minimum atomic E-state index is -0.425. The van der Waals surface area contributed by atoms with Crippen LogP contribution in [0.3, 0.4) is 0 Å². The summed E-state index contributed by atoms with van der Waals surface area (Å²) in [7, 11) is 0. The normalized spacial score (nSPS) is 19.9. The van der Waals surface area contributed by atoms with Crippen LogP contribution in [0, 0.1) is 5.92 Å². The fourth-order valence-corrected chi connectivity index (χ4v) is 3.17. The maximum absolute atomic E-state index is 10.2. The van der Waals surface area contributed by atoms with Crippen molar-refractivity contribution >= 4 is 15.9 Å². The topological polar surface area (TPSA) is 32.3 Å². The number of rotatable bonds is 5. The van der Waals surface area contributed by atoms with Crippen LogP contribution in [0.4, 0.5) is 0 Å². The molecular weight excluding hydrogens is 290 g/mol. The Kier molecular flexibility index (Phi) is 5.22. The molecule has 1 aromatic rings. The number of aliphatic hydroxyl groups excluding tert-OH is 1. The summed E-state index contributed by atoms with van der Waals surface area (Å²) in [6, 6.07) is 8.40. The molecule has 1 fully saturated rings. The number of hydrogen-bond donors (Lipinski definition) is 2. The van der Waals surface area contributed by atoms with Gasteiger partial charge in [-0.15, -0.1) is 0 Å². The zero-order valence-electron chi connectivity index (χ0n) is 10.9. The first-order chi connectivity index (χ1) is 8.66. The Morgan fingerprint density at radius 2 is 2.11 bits per heavy atom. The smallest absolute Gasteiger partial charge is 0.0914 e. The summed E-state index contributed by atoms with van der Waals surface area (Å²) in [5.74, 6) is 0.791. The second-order valence-electron chi connectivity index (χ2n) is 5.31. The fourth-order valence-electron chi connectivity index (χ4n) is 2.75. The van der Waals surface area contributed by atoms with Gasteiger partial charge < -0.3 is 10.4 Å². The number of halogens is 1. The molecule has 2 nitrogen and oxygen atoms in total. The van der Waals surface area contributed by atoms with Gasteiger partial charge in [-0.2, -0.15) is 0 Å². The van der Waals surface area contributed by atoms with Gasteiger partial charge in [0.05, 0.1) is 6.10 Å². The summed E-state index contributed by atoms with van der Waals surface area (Å²) < 4.78 is 1.02. The molecule has 0 saturated heterocycles. The standard InChI is InChI=1S/C15H22BrNO/c1-11(12-5-2-3-6-12)17-10-15(18)13-7-4-8-14(16)9-13/h4,7-9,11-12,15,17-18H,2-3,5-6,10H2,1H3/t11-,15?/m1/s1. The van der Waals surface area contributed by atoms with Crippen molar-refractivity contribution in [2.75, 3.05) is 6.54 Å². The zero-order valence-corrected chi connectivity index (χ0v) is 12.5. The molecule has 1 unspecified atom stereocenters. The number of benzene rings is 1. The van der Waals surface area contributed by atoms with Gasteiger partial charge in [0, 0.05) is 17.1 Å². The van der Waals surface area contributed by atoms with Crippen molar-refractivity contribution in [2.24, 2.45) is 5.92 Å². The van der Waals surface area contributed by atoms with Crippen molar-refractivity contribution in [3.8, 4) is 0 Å². The van der Waals surface area contributed by atoms with Crippen LogP contribution < -0.4 is 5.32 Å². The Morgan fingerprint density at radius 3 is 2.78 bits per heavy atom. The lowest BCUT2D eigenvalue weighted by Crippen LogP contribution is -2.35. The lowest BCUT2D eigenvalue weighted by atomic mass is 9.99. The molecule has 0 radical (unpaired) electrons. The van der Waals surface area contributed by atoms with Gasteiger partial charge in [-0.05, 0) is 43.4 Å². The van der Waals surface area contributed by atoms with E-state index in [0.29, 0.717) is 12.6 Å². The van der Waals surface area contributed by atoms with Crippen LogP contribution in [0.2, 0.25) is 0 Å². The Labute approximate surface area is 118 Å². The van der Waals surface area contributed by atoms with E-state index in [2.05, 4.69) is 28.2 Å². The molecule has 1 aliphatic rings. The molecule has 2 N–H and O–H groups in total. The van der Waals surface area contributed by atoms with E-state index in [1.165, 1.54) is 25.7 Å². The molecule has 0 aromatic heterocycles. The summed E-state index contributed by atoms with van der Waals surface area (Å²) in [5.41, 5.74) is 0.968. The fraction of sp³-hybridized carbons (Fsp3) is 0.600. The number of hydrogen-bond acceptors (Lipinski definition) is 2. The Bertz CT molecular complexity index is 377. The SMILES string of the molecule is C[C@@H](NCC(O)c1cccc(Br)c1)C1CCCC1. The predicted molar refractivity (Wildman–Crippen MR) is 78.5 cm³/mol. The number of nitrogens with one attached hydrogen (secondary N) is 1. The van der Waals surface area contributed by atoms with E-state index < -0.39 is 6.10 Å². The summed E-state index contributed by atoms with van der Waals surface area (Å²) >= 11 is 3.43. The molecule has 0 aliphatic heterocycles. The van der Waals surface area contributed by atoms with Crippen LogP contribution in [0.15, 0.2) is 28.7 Å². The molecule has 1 aliphatic carbocycles. The van der Waals surface area contributed by atoms with E-state index in [4.69, 9.17) is 0 Å². The highest BCUT2D eigenvalue weighted by molar-refractivity contribution is 9.10. The van der Waals surface area contributed by atoms with E-state index in [0.717, 1.165) is 16.0 Å². The maximum atomic E-state index is 10.2. The minimum absolute atomic E-state index is 0.425. The van der Waals surface area contributed by atoms with Crippen LogP contribution in [0.1, 0.15) is 44.3 Å². The first-order valence-electron chi connectivity index (χ1n) is 6.83. The van der Waals surface area contributed by atoms with Gasteiger partial charge in [-0.3, -0.25) is 0 Å². The molecule has 3 heteroatoms. The molecule has 100 valence electrons. The number of aliphatic hydroxyl groups is 1. The van der Waals surface area contributed by atoms with Crippen LogP contribution in [0.5, 0.6) is 0 Å². The lowest BCUT2D eigenvalue weighted by molar-refractivity contribution is 0.165.